The largest absolute Gasteiger partial charge is 0.486 e. The number of benzene rings is 2. The molecule has 2 aromatic carbocycles. The lowest BCUT2D eigenvalue weighted by Gasteiger charge is -2.19. The average Bonchev–Trinajstić information content (AvgIpc) is 2.54. The van der Waals surface area contributed by atoms with Crippen LogP contribution in [0.15, 0.2) is 36.4 Å². The number of nitrogens with one attached hydrogen (secondary N) is 1. The quantitative estimate of drug-likeness (QED) is 0.945. The zero-order valence-electron chi connectivity index (χ0n) is 12.4. The number of halogens is 2. The van der Waals surface area contributed by atoms with Crippen LogP contribution in [0, 0.1) is 11.6 Å². The van der Waals surface area contributed by atoms with Gasteiger partial charge in [-0.1, -0.05) is 6.07 Å². The molecule has 1 atom stereocenters. The van der Waals surface area contributed by atoms with E-state index in [4.69, 9.17) is 9.47 Å². The monoisotopic (exact) mass is 319 g/mol. The molecule has 2 aromatic rings. The standard InChI is InChI=1S/C17H15F2NO3/c1-10(13-4-3-12(18)9-14(13)19)20-17(21)11-2-5-15-16(8-11)23-7-6-22-15/h2-5,8-10H,6-7H2,1H3,(H,20,21). The van der Waals surface area contributed by atoms with E-state index in [2.05, 4.69) is 5.32 Å². The molecule has 120 valence electrons. The number of amides is 1. The van der Waals surface area contributed by atoms with Gasteiger partial charge in [-0.2, -0.15) is 0 Å². The molecule has 0 saturated carbocycles. The van der Waals surface area contributed by atoms with Gasteiger partial charge in [0.15, 0.2) is 11.5 Å². The van der Waals surface area contributed by atoms with Gasteiger partial charge in [-0.05, 0) is 31.2 Å². The molecule has 3 rings (SSSR count). The number of hydrogen-bond donors (Lipinski definition) is 1. The summed E-state index contributed by atoms with van der Waals surface area (Å²) in [6, 6.07) is 7.52. The van der Waals surface area contributed by atoms with E-state index in [1.165, 1.54) is 6.07 Å². The lowest BCUT2D eigenvalue weighted by Crippen LogP contribution is -2.27. The van der Waals surface area contributed by atoms with Gasteiger partial charge in [0.25, 0.3) is 5.91 Å². The molecule has 1 N–H and O–H groups in total. The molecule has 0 saturated heterocycles. The van der Waals surface area contributed by atoms with Gasteiger partial charge in [0.1, 0.15) is 24.8 Å². The highest BCUT2D eigenvalue weighted by atomic mass is 19.1. The summed E-state index contributed by atoms with van der Waals surface area (Å²) in [7, 11) is 0. The van der Waals surface area contributed by atoms with Gasteiger partial charge in [0.2, 0.25) is 0 Å². The van der Waals surface area contributed by atoms with Crippen LogP contribution in [-0.4, -0.2) is 19.1 Å². The molecule has 0 aliphatic carbocycles. The smallest absolute Gasteiger partial charge is 0.251 e. The third-order valence-electron chi connectivity index (χ3n) is 3.58. The molecule has 23 heavy (non-hydrogen) atoms. The average molecular weight is 319 g/mol. The number of hydrogen-bond acceptors (Lipinski definition) is 3. The lowest BCUT2D eigenvalue weighted by molar-refractivity contribution is 0.0938. The van der Waals surface area contributed by atoms with Crippen LogP contribution in [0.3, 0.4) is 0 Å². The van der Waals surface area contributed by atoms with Crippen LogP contribution in [0.1, 0.15) is 28.9 Å². The van der Waals surface area contributed by atoms with Gasteiger partial charge < -0.3 is 14.8 Å². The summed E-state index contributed by atoms with van der Waals surface area (Å²) >= 11 is 0. The van der Waals surface area contributed by atoms with Gasteiger partial charge in [-0.25, -0.2) is 8.78 Å². The molecule has 6 heteroatoms. The fraction of sp³-hybridized carbons (Fsp3) is 0.235. The summed E-state index contributed by atoms with van der Waals surface area (Å²) in [6.45, 7) is 2.53. The van der Waals surface area contributed by atoms with E-state index in [-0.39, 0.29) is 11.5 Å². The fourth-order valence-electron chi connectivity index (χ4n) is 2.39. The van der Waals surface area contributed by atoms with E-state index in [1.807, 2.05) is 0 Å². The number of carbonyl (C=O) groups is 1. The molecule has 1 aliphatic heterocycles. The molecule has 0 aromatic heterocycles. The molecule has 1 unspecified atom stereocenters. The lowest BCUT2D eigenvalue weighted by atomic mass is 10.1. The number of rotatable bonds is 3. The summed E-state index contributed by atoms with van der Waals surface area (Å²) in [5.41, 5.74) is 0.598. The van der Waals surface area contributed by atoms with E-state index < -0.39 is 17.7 Å². The van der Waals surface area contributed by atoms with Crippen LogP contribution in [0.5, 0.6) is 11.5 Å². The molecule has 1 heterocycles. The minimum atomic E-state index is -0.694. The zero-order valence-corrected chi connectivity index (χ0v) is 12.4. The second-order valence-electron chi connectivity index (χ2n) is 5.22. The van der Waals surface area contributed by atoms with Crippen molar-refractivity contribution >= 4 is 5.91 Å². The normalized spacial score (nSPS) is 14.2. The van der Waals surface area contributed by atoms with Crippen LogP contribution < -0.4 is 14.8 Å². The Hall–Kier alpha value is -2.63. The van der Waals surface area contributed by atoms with Gasteiger partial charge in [0, 0.05) is 17.2 Å². The SMILES string of the molecule is CC(NC(=O)c1ccc2c(c1)OCCO2)c1ccc(F)cc1F. The minimum Gasteiger partial charge on any atom is -0.486 e. The van der Waals surface area contributed by atoms with Crippen molar-refractivity contribution in [2.75, 3.05) is 13.2 Å². The molecule has 1 aliphatic rings. The highest BCUT2D eigenvalue weighted by Crippen LogP contribution is 2.31. The molecule has 0 spiro atoms. The third kappa shape index (κ3) is 3.26. The molecular weight excluding hydrogens is 304 g/mol. The zero-order chi connectivity index (χ0) is 16.4. The first-order chi connectivity index (χ1) is 11.0. The summed E-state index contributed by atoms with van der Waals surface area (Å²) in [4.78, 5) is 12.3. The first kappa shape index (κ1) is 15.3. The summed E-state index contributed by atoms with van der Waals surface area (Å²) < 4.78 is 37.5. The Morgan fingerprint density at radius 1 is 1.09 bits per heavy atom. The van der Waals surface area contributed by atoms with Crippen molar-refractivity contribution in [2.45, 2.75) is 13.0 Å². The second kappa shape index (κ2) is 6.24. The van der Waals surface area contributed by atoms with Crippen LogP contribution >= 0.6 is 0 Å². The Bertz CT molecular complexity index is 749. The van der Waals surface area contributed by atoms with Crippen LogP contribution in [0.25, 0.3) is 0 Å². The molecular formula is C17H15F2NO3. The van der Waals surface area contributed by atoms with Gasteiger partial charge in [-0.15, -0.1) is 0 Å². The van der Waals surface area contributed by atoms with Crippen LogP contribution in [0.4, 0.5) is 8.78 Å². The molecule has 1 amide bonds. The number of carbonyl (C=O) groups excluding carboxylic acids is 1. The fourth-order valence-corrected chi connectivity index (χ4v) is 2.39. The van der Waals surface area contributed by atoms with Crippen molar-refractivity contribution in [1.82, 2.24) is 5.32 Å². The summed E-state index contributed by atoms with van der Waals surface area (Å²) in [5.74, 6) is -0.635. The van der Waals surface area contributed by atoms with Gasteiger partial charge in [0.05, 0.1) is 6.04 Å². The maximum atomic E-state index is 13.8. The predicted octanol–water partition coefficient (Wildman–Crippen LogP) is 3.23. The third-order valence-corrected chi connectivity index (χ3v) is 3.58. The summed E-state index contributed by atoms with van der Waals surface area (Å²) in [5, 5.41) is 2.68. The summed E-state index contributed by atoms with van der Waals surface area (Å²) in [6.07, 6.45) is 0. The van der Waals surface area contributed by atoms with Gasteiger partial charge in [-0.3, -0.25) is 4.79 Å². The molecule has 0 radical (unpaired) electrons. The Morgan fingerprint density at radius 3 is 2.57 bits per heavy atom. The van der Waals surface area contributed by atoms with Crippen molar-refractivity contribution < 1.29 is 23.0 Å². The highest BCUT2D eigenvalue weighted by molar-refractivity contribution is 5.95. The van der Waals surface area contributed by atoms with E-state index in [0.717, 1.165) is 12.1 Å². The maximum absolute atomic E-state index is 13.8. The van der Waals surface area contributed by atoms with Crippen molar-refractivity contribution in [1.29, 1.82) is 0 Å². The Morgan fingerprint density at radius 2 is 1.83 bits per heavy atom. The van der Waals surface area contributed by atoms with Crippen molar-refractivity contribution in [3.63, 3.8) is 0 Å². The number of ether oxygens (including phenoxy) is 2. The van der Waals surface area contributed by atoms with Crippen molar-refractivity contribution in [3.05, 3.63) is 59.2 Å². The second-order valence-corrected chi connectivity index (χ2v) is 5.22. The Labute approximate surface area is 132 Å². The maximum Gasteiger partial charge on any atom is 0.251 e. The highest BCUT2D eigenvalue weighted by Gasteiger charge is 2.18. The van der Waals surface area contributed by atoms with E-state index in [0.29, 0.717) is 30.3 Å². The molecule has 0 bridgehead atoms. The minimum absolute atomic E-state index is 0.220. The van der Waals surface area contributed by atoms with Gasteiger partial charge >= 0.3 is 0 Å². The van der Waals surface area contributed by atoms with Crippen LogP contribution in [0.2, 0.25) is 0 Å². The van der Waals surface area contributed by atoms with Crippen molar-refractivity contribution in [2.24, 2.45) is 0 Å². The molecule has 4 nitrogen and oxygen atoms in total. The predicted molar refractivity (Wildman–Crippen MR) is 79.7 cm³/mol. The van der Waals surface area contributed by atoms with Crippen molar-refractivity contribution in [3.8, 4) is 11.5 Å². The first-order valence-corrected chi connectivity index (χ1v) is 7.20. The molecule has 0 fully saturated rings. The Balaban J connectivity index is 1.76. The number of fused-ring (bicyclic) bond motifs is 1. The van der Waals surface area contributed by atoms with E-state index >= 15 is 0 Å². The van der Waals surface area contributed by atoms with E-state index in [1.54, 1.807) is 25.1 Å². The first-order valence-electron chi connectivity index (χ1n) is 7.20. The van der Waals surface area contributed by atoms with Crippen LogP contribution in [-0.2, 0) is 0 Å². The Kier molecular flexibility index (Phi) is 4.14. The topological polar surface area (TPSA) is 47.6 Å². The van der Waals surface area contributed by atoms with E-state index in [9.17, 15) is 13.6 Å².